The predicted molar refractivity (Wildman–Crippen MR) is 123 cm³/mol. The molecule has 0 bridgehead atoms. The number of carboxylic acids is 1. The summed E-state index contributed by atoms with van der Waals surface area (Å²) in [6.07, 6.45) is 3.05. The number of thioether (sulfide) groups is 2. The first kappa shape index (κ1) is 28.9. The van der Waals surface area contributed by atoms with Gasteiger partial charge in [-0.2, -0.15) is 36.2 Å². The van der Waals surface area contributed by atoms with Gasteiger partial charge in [-0.3, -0.25) is 14.4 Å². The third-order valence-corrected chi connectivity index (χ3v) is 5.73. The monoisotopic (exact) mass is 484 g/mol. The standard InChI is InChI=1S/C17H32N4O6S3/c1-9(22)13(21-14(23)10(18)4-6-29-2)16(25)20-12(8-28)15(24)19-11(17(26)27)5-7-30-3/h9-13,22,28H,4-8,18H2,1-3H3,(H,19,24)(H,20,25)(H,21,23)(H,26,27). The molecule has 13 heteroatoms. The van der Waals surface area contributed by atoms with Gasteiger partial charge in [0.1, 0.15) is 18.1 Å². The van der Waals surface area contributed by atoms with Crippen LogP contribution in [0.4, 0.5) is 0 Å². The molecule has 0 aromatic carbocycles. The maximum absolute atomic E-state index is 12.6. The van der Waals surface area contributed by atoms with Crippen molar-refractivity contribution in [2.45, 2.75) is 50.0 Å². The molecule has 0 aliphatic carbocycles. The minimum absolute atomic E-state index is 0.111. The van der Waals surface area contributed by atoms with Crippen LogP contribution >= 0.6 is 36.2 Å². The van der Waals surface area contributed by atoms with Gasteiger partial charge in [-0.05, 0) is 43.8 Å². The molecule has 0 heterocycles. The summed E-state index contributed by atoms with van der Waals surface area (Å²) < 4.78 is 0. The second-order valence-electron chi connectivity index (χ2n) is 6.54. The van der Waals surface area contributed by atoms with Crippen molar-refractivity contribution in [1.29, 1.82) is 0 Å². The van der Waals surface area contributed by atoms with Crippen molar-refractivity contribution in [2.24, 2.45) is 5.73 Å². The van der Waals surface area contributed by atoms with Crippen molar-refractivity contribution >= 4 is 59.8 Å². The highest BCUT2D eigenvalue weighted by Gasteiger charge is 2.31. The predicted octanol–water partition coefficient (Wildman–Crippen LogP) is -1.33. The molecule has 0 rings (SSSR count). The molecule has 5 atom stereocenters. The molecular formula is C17H32N4O6S3. The van der Waals surface area contributed by atoms with E-state index in [2.05, 4.69) is 28.6 Å². The summed E-state index contributed by atoms with van der Waals surface area (Å²) in [5, 5.41) is 26.3. The van der Waals surface area contributed by atoms with E-state index >= 15 is 0 Å². The summed E-state index contributed by atoms with van der Waals surface area (Å²) in [4.78, 5) is 48.5. The highest BCUT2D eigenvalue weighted by Crippen LogP contribution is 2.04. The second kappa shape index (κ2) is 15.6. The van der Waals surface area contributed by atoms with Crippen LogP contribution in [0.5, 0.6) is 0 Å². The smallest absolute Gasteiger partial charge is 0.326 e. The third-order valence-electron chi connectivity index (χ3n) is 4.07. The fraction of sp³-hybridized carbons (Fsp3) is 0.765. The lowest BCUT2D eigenvalue weighted by Crippen LogP contribution is -2.60. The number of aliphatic carboxylic acids is 1. The Balaban J connectivity index is 5.06. The zero-order valence-electron chi connectivity index (χ0n) is 17.3. The molecule has 0 spiro atoms. The van der Waals surface area contributed by atoms with Gasteiger partial charge in [0.2, 0.25) is 17.7 Å². The minimum atomic E-state index is -1.33. The molecule has 30 heavy (non-hydrogen) atoms. The molecule has 7 N–H and O–H groups in total. The normalized spacial score (nSPS) is 15.9. The fourth-order valence-electron chi connectivity index (χ4n) is 2.26. The molecule has 0 aliphatic rings. The second-order valence-corrected chi connectivity index (χ2v) is 8.88. The molecule has 0 saturated heterocycles. The molecule has 0 aromatic heterocycles. The largest absolute Gasteiger partial charge is 0.480 e. The number of thiol groups is 1. The van der Waals surface area contributed by atoms with Crippen molar-refractivity contribution in [3.8, 4) is 0 Å². The molecule has 0 aliphatic heterocycles. The lowest BCUT2D eigenvalue weighted by molar-refractivity contribution is -0.142. The number of hydrogen-bond acceptors (Lipinski definition) is 9. The van der Waals surface area contributed by atoms with Crippen molar-refractivity contribution in [1.82, 2.24) is 16.0 Å². The van der Waals surface area contributed by atoms with Gasteiger partial charge in [0.15, 0.2) is 0 Å². The molecule has 0 radical (unpaired) electrons. The average Bonchev–Trinajstić information content (AvgIpc) is 2.70. The third kappa shape index (κ3) is 10.8. The van der Waals surface area contributed by atoms with Gasteiger partial charge >= 0.3 is 5.97 Å². The maximum atomic E-state index is 12.6. The first-order valence-corrected chi connectivity index (χ1v) is 12.7. The van der Waals surface area contributed by atoms with Crippen LogP contribution in [0.3, 0.4) is 0 Å². The number of carbonyl (C=O) groups is 4. The Morgan fingerprint density at radius 2 is 1.47 bits per heavy atom. The number of aliphatic hydroxyl groups is 1. The van der Waals surface area contributed by atoms with E-state index in [1.165, 1.54) is 30.4 Å². The Labute approximate surface area is 190 Å². The summed E-state index contributed by atoms with van der Waals surface area (Å²) in [5.74, 6) is -2.24. The number of hydrogen-bond donors (Lipinski definition) is 7. The van der Waals surface area contributed by atoms with E-state index in [4.69, 9.17) is 5.73 Å². The van der Waals surface area contributed by atoms with Gasteiger partial charge in [-0.15, -0.1) is 0 Å². The number of carboxylic acid groups (broad SMARTS) is 1. The van der Waals surface area contributed by atoms with Crippen molar-refractivity contribution in [2.75, 3.05) is 29.8 Å². The summed E-state index contributed by atoms with van der Waals surface area (Å²) in [5.41, 5.74) is 5.78. The van der Waals surface area contributed by atoms with E-state index in [0.29, 0.717) is 17.9 Å². The lowest BCUT2D eigenvalue weighted by atomic mass is 10.1. The Kier molecular flexibility index (Phi) is 15.0. The summed E-state index contributed by atoms with van der Waals surface area (Å²) >= 11 is 7.00. The van der Waals surface area contributed by atoms with Crippen molar-refractivity contribution < 1.29 is 29.4 Å². The van der Waals surface area contributed by atoms with E-state index in [1.54, 1.807) is 0 Å². The Hall–Kier alpha value is -1.15. The lowest BCUT2D eigenvalue weighted by Gasteiger charge is -2.25. The number of nitrogens with one attached hydrogen (secondary N) is 3. The molecule has 10 nitrogen and oxygen atoms in total. The van der Waals surface area contributed by atoms with E-state index in [0.717, 1.165) is 0 Å². The van der Waals surface area contributed by atoms with E-state index in [9.17, 15) is 29.4 Å². The number of carbonyl (C=O) groups excluding carboxylic acids is 3. The first-order chi connectivity index (χ1) is 14.1. The van der Waals surface area contributed by atoms with Gasteiger partial charge in [-0.1, -0.05) is 0 Å². The zero-order valence-corrected chi connectivity index (χ0v) is 19.8. The van der Waals surface area contributed by atoms with Crippen LogP contribution in [-0.2, 0) is 19.2 Å². The molecule has 174 valence electrons. The first-order valence-electron chi connectivity index (χ1n) is 9.25. The topological polar surface area (TPSA) is 171 Å². The Bertz CT molecular complexity index is 582. The molecule has 5 unspecified atom stereocenters. The Morgan fingerprint density at radius 3 is 1.93 bits per heavy atom. The highest BCUT2D eigenvalue weighted by atomic mass is 32.2. The number of aliphatic hydroxyl groups excluding tert-OH is 1. The van der Waals surface area contributed by atoms with Crippen LogP contribution < -0.4 is 21.7 Å². The number of nitrogens with two attached hydrogens (primary N) is 1. The van der Waals surface area contributed by atoms with Crippen LogP contribution in [0, 0.1) is 0 Å². The van der Waals surface area contributed by atoms with E-state index in [-0.39, 0.29) is 12.2 Å². The van der Waals surface area contributed by atoms with Crippen molar-refractivity contribution in [3.05, 3.63) is 0 Å². The number of rotatable bonds is 15. The SMILES string of the molecule is CSCCC(N)C(=O)NC(C(=O)NC(CS)C(=O)NC(CCSC)C(=O)O)C(C)O. The van der Waals surface area contributed by atoms with Gasteiger partial charge in [0, 0.05) is 5.75 Å². The van der Waals surface area contributed by atoms with Gasteiger partial charge < -0.3 is 31.9 Å². The molecule has 0 saturated carbocycles. The summed E-state index contributed by atoms with van der Waals surface area (Å²) in [6, 6.07) is -4.44. The highest BCUT2D eigenvalue weighted by molar-refractivity contribution is 7.98. The van der Waals surface area contributed by atoms with Crippen LogP contribution in [0.1, 0.15) is 19.8 Å². The fourth-order valence-corrected chi connectivity index (χ4v) is 3.48. The maximum Gasteiger partial charge on any atom is 0.326 e. The van der Waals surface area contributed by atoms with Crippen LogP contribution in [0.25, 0.3) is 0 Å². The molecule has 3 amide bonds. The van der Waals surface area contributed by atoms with E-state index < -0.39 is 54.0 Å². The quantitative estimate of drug-likeness (QED) is 0.139. The molecule has 0 aromatic rings. The van der Waals surface area contributed by atoms with Crippen molar-refractivity contribution in [3.63, 3.8) is 0 Å². The van der Waals surface area contributed by atoms with Crippen LogP contribution in [0.15, 0.2) is 0 Å². The van der Waals surface area contributed by atoms with Gasteiger partial charge in [0.25, 0.3) is 0 Å². The van der Waals surface area contributed by atoms with Crippen LogP contribution in [-0.4, -0.2) is 93.9 Å². The Morgan fingerprint density at radius 1 is 0.933 bits per heavy atom. The average molecular weight is 485 g/mol. The number of amides is 3. The van der Waals surface area contributed by atoms with Crippen LogP contribution in [0.2, 0.25) is 0 Å². The molecule has 0 fully saturated rings. The van der Waals surface area contributed by atoms with Gasteiger partial charge in [-0.25, -0.2) is 4.79 Å². The van der Waals surface area contributed by atoms with E-state index in [1.807, 2.05) is 12.5 Å². The summed E-state index contributed by atoms with van der Waals surface area (Å²) in [6.45, 7) is 1.32. The molecular weight excluding hydrogens is 452 g/mol. The minimum Gasteiger partial charge on any atom is -0.480 e. The summed E-state index contributed by atoms with van der Waals surface area (Å²) in [7, 11) is 0. The zero-order chi connectivity index (χ0) is 23.3. The van der Waals surface area contributed by atoms with Gasteiger partial charge in [0.05, 0.1) is 12.1 Å².